The van der Waals surface area contributed by atoms with E-state index in [-0.39, 0.29) is 5.91 Å². The number of carbonyl (C=O) groups is 1. The minimum absolute atomic E-state index is 0.236. The van der Waals surface area contributed by atoms with Crippen molar-refractivity contribution in [1.29, 1.82) is 0 Å². The molecule has 27 heavy (non-hydrogen) atoms. The molecule has 0 spiro atoms. The Labute approximate surface area is 162 Å². The molecule has 4 aromatic rings. The van der Waals surface area contributed by atoms with E-state index in [0.717, 1.165) is 21.1 Å². The first-order chi connectivity index (χ1) is 13.1. The second-order valence-electron chi connectivity index (χ2n) is 5.89. The molecule has 9 heteroatoms. The summed E-state index contributed by atoms with van der Waals surface area (Å²) < 4.78 is 7.95. The molecule has 0 fully saturated rings. The number of carbonyl (C=O) groups excluding carboxylic acids is 1. The second kappa shape index (κ2) is 6.84. The van der Waals surface area contributed by atoms with Gasteiger partial charge in [0.05, 0.1) is 18.3 Å². The summed E-state index contributed by atoms with van der Waals surface area (Å²) in [4.78, 5) is 12.9. The molecule has 1 amide bonds. The maximum absolute atomic E-state index is 12.9. The third kappa shape index (κ3) is 3.17. The second-order valence-corrected chi connectivity index (χ2v) is 6.81. The first-order valence-electron chi connectivity index (χ1n) is 8.05. The molecular weight excluding hydrogens is 412 g/mol. The molecule has 0 saturated carbocycles. The minimum Gasteiger partial charge on any atom is -0.497 e. The average Bonchev–Trinajstić information content (AvgIpc) is 3.31. The van der Waals surface area contributed by atoms with Crippen LogP contribution in [0, 0.1) is 0 Å². The van der Waals surface area contributed by atoms with Crippen LogP contribution in [0.4, 0.5) is 5.69 Å². The van der Waals surface area contributed by atoms with Gasteiger partial charge in [-0.3, -0.25) is 4.79 Å². The van der Waals surface area contributed by atoms with E-state index in [0.29, 0.717) is 22.8 Å². The summed E-state index contributed by atoms with van der Waals surface area (Å²) in [5.74, 6) is 0.899. The fourth-order valence-corrected chi connectivity index (χ4v) is 3.29. The predicted molar refractivity (Wildman–Crippen MR) is 105 cm³/mol. The van der Waals surface area contributed by atoms with Gasteiger partial charge in [0.15, 0.2) is 0 Å². The van der Waals surface area contributed by atoms with E-state index in [4.69, 9.17) is 4.74 Å². The fraction of sp³-hybridized carbons (Fsp3) is 0.111. The summed E-state index contributed by atoms with van der Waals surface area (Å²) in [5.41, 5.74) is 2.69. The highest BCUT2D eigenvalue weighted by Crippen LogP contribution is 2.29. The van der Waals surface area contributed by atoms with Crippen LogP contribution in [-0.4, -0.2) is 38.2 Å². The Kier molecular flexibility index (Phi) is 4.36. The predicted octanol–water partition coefficient (Wildman–Crippen LogP) is 3.38. The summed E-state index contributed by atoms with van der Waals surface area (Å²) >= 11 is 3.43. The molecule has 0 atom stereocenters. The number of halogens is 1. The molecule has 4 rings (SSSR count). The van der Waals surface area contributed by atoms with Crippen molar-refractivity contribution in [3.05, 3.63) is 52.6 Å². The topological polar surface area (TPSA) is 97.7 Å². The van der Waals surface area contributed by atoms with Crippen LogP contribution in [0.15, 0.2) is 46.9 Å². The van der Waals surface area contributed by atoms with E-state index in [1.54, 1.807) is 13.2 Å². The van der Waals surface area contributed by atoms with Gasteiger partial charge in [0.25, 0.3) is 5.91 Å². The zero-order chi connectivity index (χ0) is 19.0. The molecule has 0 bridgehead atoms. The number of hydrogen-bond acceptors (Lipinski definition) is 5. The number of rotatable bonds is 4. The SMILES string of the molecule is COc1ccc2cc(C(=O)Nc3ccc(Br)cc3-c3nn[nH]n3)n(C)c2c1. The number of nitrogens with one attached hydrogen (secondary N) is 2. The molecule has 2 aromatic heterocycles. The van der Waals surface area contributed by atoms with Crippen molar-refractivity contribution in [3.63, 3.8) is 0 Å². The number of amides is 1. The molecule has 2 N–H and O–H groups in total. The average molecular weight is 427 g/mol. The first kappa shape index (κ1) is 17.2. The Balaban J connectivity index is 1.71. The van der Waals surface area contributed by atoms with Crippen molar-refractivity contribution in [1.82, 2.24) is 25.2 Å². The number of aromatic nitrogens is 5. The van der Waals surface area contributed by atoms with Crippen molar-refractivity contribution in [2.75, 3.05) is 12.4 Å². The standard InChI is InChI=1S/C18H15BrN6O2/c1-25-15-9-12(27-2)5-3-10(15)7-16(25)18(26)20-14-6-4-11(19)8-13(14)17-21-23-24-22-17/h3-9H,1-2H3,(H,20,26)(H,21,22,23,24). The molecular formula is C18H15BrN6O2. The number of fused-ring (bicyclic) bond motifs is 1. The Morgan fingerprint density at radius 1 is 1.22 bits per heavy atom. The van der Waals surface area contributed by atoms with Crippen LogP contribution >= 0.6 is 15.9 Å². The van der Waals surface area contributed by atoms with Crippen LogP contribution in [0.3, 0.4) is 0 Å². The lowest BCUT2D eigenvalue weighted by atomic mass is 10.1. The van der Waals surface area contributed by atoms with Gasteiger partial charge in [-0.15, -0.1) is 10.2 Å². The lowest BCUT2D eigenvalue weighted by Crippen LogP contribution is -2.16. The zero-order valence-corrected chi connectivity index (χ0v) is 16.1. The van der Waals surface area contributed by atoms with Crippen LogP contribution in [0.2, 0.25) is 0 Å². The molecule has 0 saturated heterocycles. The zero-order valence-electron chi connectivity index (χ0n) is 14.5. The van der Waals surface area contributed by atoms with Crippen LogP contribution < -0.4 is 10.1 Å². The van der Waals surface area contributed by atoms with E-state index >= 15 is 0 Å². The minimum atomic E-state index is -0.236. The summed E-state index contributed by atoms with van der Waals surface area (Å²) in [5, 5.41) is 17.9. The van der Waals surface area contributed by atoms with Gasteiger partial charge in [-0.25, -0.2) is 0 Å². The third-order valence-corrected chi connectivity index (χ3v) is 4.79. The molecule has 0 radical (unpaired) electrons. The monoisotopic (exact) mass is 426 g/mol. The van der Waals surface area contributed by atoms with Crippen LogP contribution in [0.25, 0.3) is 22.3 Å². The highest BCUT2D eigenvalue weighted by Gasteiger charge is 2.17. The van der Waals surface area contributed by atoms with Gasteiger partial charge in [0, 0.05) is 28.5 Å². The van der Waals surface area contributed by atoms with Crippen LogP contribution in [0.5, 0.6) is 5.75 Å². The molecule has 2 heterocycles. The highest BCUT2D eigenvalue weighted by molar-refractivity contribution is 9.10. The van der Waals surface area contributed by atoms with E-state index < -0.39 is 0 Å². The molecule has 0 aliphatic carbocycles. The largest absolute Gasteiger partial charge is 0.497 e. The summed E-state index contributed by atoms with van der Waals surface area (Å²) in [7, 11) is 3.46. The van der Waals surface area contributed by atoms with E-state index in [2.05, 4.69) is 41.9 Å². The number of aryl methyl sites for hydroxylation is 1. The van der Waals surface area contributed by atoms with E-state index in [1.165, 1.54) is 0 Å². The van der Waals surface area contributed by atoms with Gasteiger partial charge in [-0.05, 0) is 41.6 Å². The molecule has 0 aliphatic rings. The maximum Gasteiger partial charge on any atom is 0.272 e. The summed E-state index contributed by atoms with van der Waals surface area (Å²) in [6.07, 6.45) is 0. The number of H-pyrrole nitrogens is 1. The van der Waals surface area contributed by atoms with Gasteiger partial charge in [0.1, 0.15) is 11.4 Å². The van der Waals surface area contributed by atoms with Gasteiger partial charge >= 0.3 is 0 Å². The number of methoxy groups -OCH3 is 1. The van der Waals surface area contributed by atoms with Crippen molar-refractivity contribution >= 4 is 38.4 Å². The van der Waals surface area contributed by atoms with E-state index in [9.17, 15) is 4.79 Å². The summed E-state index contributed by atoms with van der Waals surface area (Å²) in [6, 6.07) is 13.0. The summed E-state index contributed by atoms with van der Waals surface area (Å²) in [6.45, 7) is 0. The number of hydrogen-bond donors (Lipinski definition) is 2. The van der Waals surface area contributed by atoms with Crippen LogP contribution in [0.1, 0.15) is 10.5 Å². The van der Waals surface area contributed by atoms with Crippen LogP contribution in [-0.2, 0) is 7.05 Å². The fourth-order valence-electron chi connectivity index (χ4n) is 2.93. The van der Waals surface area contributed by atoms with Gasteiger partial charge in [-0.1, -0.05) is 15.9 Å². The van der Waals surface area contributed by atoms with Gasteiger partial charge < -0.3 is 14.6 Å². The first-order valence-corrected chi connectivity index (χ1v) is 8.84. The van der Waals surface area contributed by atoms with Crippen molar-refractivity contribution in [2.24, 2.45) is 7.05 Å². The van der Waals surface area contributed by atoms with Crippen molar-refractivity contribution in [3.8, 4) is 17.1 Å². The highest BCUT2D eigenvalue weighted by atomic mass is 79.9. The number of benzene rings is 2. The Morgan fingerprint density at radius 3 is 2.81 bits per heavy atom. The van der Waals surface area contributed by atoms with Gasteiger partial charge in [-0.2, -0.15) is 5.21 Å². The molecule has 2 aromatic carbocycles. The smallest absolute Gasteiger partial charge is 0.272 e. The third-order valence-electron chi connectivity index (χ3n) is 4.30. The number of tetrazole rings is 1. The molecule has 0 unspecified atom stereocenters. The number of ether oxygens (including phenoxy) is 1. The lowest BCUT2D eigenvalue weighted by molar-refractivity contribution is 0.102. The lowest BCUT2D eigenvalue weighted by Gasteiger charge is -2.10. The maximum atomic E-state index is 12.9. The number of nitrogens with zero attached hydrogens (tertiary/aromatic N) is 4. The normalized spacial score (nSPS) is 10.9. The number of anilines is 1. The quantitative estimate of drug-likeness (QED) is 0.521. The Hall–Kier alpha value is -3.20. The van der Waals surface area contributed by atoms with Gasteiger partial charge in [0.2, 0.25) is 5.82 Å². The van der Waals surface area contributed by atoms with Crippen molar-refractivity contribution < 1.29 is 9.53 Å². The molecule has 136 valence electrons. The molecule has 0 aliphatic heterocycles. The number of aromatic amines is 1. The molecule has 8 nitrogen and oxygen atoms in total. The van der Waals surface area contributed by atoms with Crippen molar-refractivity contribution in [2.45, 2.75) is 0 Å². The van der Waals surface area contributed by atoms with E-state index in [1.807, 2.05) is 48.0 Å². The Bertz CT molecular complexity index is 1140. The Morgan fingerprint density at radius 2 is 2.07 bits per heavy atom.